The molecule has 0 saturated carbocycles. The molecule has 0 aromatic carbocycles. The molecule has 0 aromatic heterocycles. The molecule has 0 aromatic rings. The molecule has 1 N–H and O–H groups in total. The molecule has 0 aliphatic heterocycles. The Labute approximate surface area is 148 Å². The Kier molecular flexibility index (Phi) is 13.7. The summed E-state index contributed by atoms with van der Waals surface area (Å²) in [5.41, 5.74) is -0.356. The predicted molar refractivity (Wildman–Crippen MR) is 98.1 cm³/mol. The molecule has 4 heteroatoms. The Bertz CT molecular complexity index is 327. The molecule has 24 heavy (non-hydrogen) atoms. The van der Waals surface area contributed by atoms with E-state index >= 15 is 0 Å². The van der Waals surface area contributed by atoms with Gasteiger partial charge in [0, 0.05) is 12.8 Å². The van der Waals surface area contributed by atoms with E-state index in [0.29, 0.717) is 19.3 Å². The normalized spacial score (nSPS) is 11.5. The fourth-order valence-electron chi connectivity index (χ4n) is 2.95. The molecular formula is C20H38O4. The van der Waals surface area contributed by atoms with Gasteiger partial charge in [-0.25, -0.2) is 0 Å². The smallest absolute Gasteiger partial charge is 0.306 e. The van der Waals surface area contributed by atoms with Gasteiger partial charge in [-0.3, -0.25) is 9.59 Å². The molecule has 142 valence electrons. The molecule has 0 rings (SSSR count). The van der Waals surface area contributed by atoms with Crippen LogP contribution in [-0.4, -0.2) is 22.6 Å². The van der Waals surface area contributed by atoms with Gasteiger partial charge in [0.1, 0.15) is 5.60 Å². The first-order chi connectivity index (χ1) is 11.4. The minimum Gasteiger partial charge on any atom is -0.481 e. The molecular weight excluding hydrogens is 304 g/mol. The van der Waals surface area contributed by atoms with Crippen LogP contribution in [0.3, 0.4) is 0 Å². The fraction of sp³-hybridized carbons (Fsp3) is 0.900. The summed E-state index contributed by atoms with van der Waals surface area (Å²) in [6, 6.07) is 0. The average Bonchev–Trinajstić information content (AvgIpc) is 2.52. The van der Waals surface area contributed by atoms with Crippen LogP contribution in [0.1, 0.15) is 111 Å². The van der Waals surface area contributed by atoms with Crippen molar-refractivity contribution in [2.45, 2.75) is 116 Å². The number of ether oxygens (including phenoxy) is 1. The van der Waals surface area contributed by atoms with E-state index in [0.717, 1.165) is 25.7 Å². The second-order valence-electron chi connectivity index (χ2n) is 7.15. The van der Waals surface area contributed by atoms with E-state index in [2.05, 4.69) is 20.8 Å². The van der Waals surface area contributed by atoms with Gasteiger partial charge in [0.25, 0.3) is 0 Å². The van der Waals surface area contributed by atoms with Gasteiger partial charge < -0.3 is 9.84 Å². The zero-order chi connectivity index (χ0) is 18.3. The van der Waals surface area contributed by atoms with E-state index in [1.165, 1.54) is 38.5 Å². The van der Waals surface area contributed by atoms with Crippen LogP contribution in [0.4, 0.5) is 0 Å². The maximum atomic E-state index is 12.1. The van der Waals surface area contributed by atoms with Crippen LogP contribution in [-0.2, 0) is 14.3 Å². The standard InChI is InChI=1S/C20H38O4/c1-4-6-8-12-16-20(3,17-13-9-7-5-2)24-19(23)15-11-10-14-18(21)22/h4-17H2,1-3H3,(H,21,22). The van der Waals surface area contributed by atoms with Gasteiger partial charge in [0.05, 0.1) is 0 Å². The zero-order valence-electron chi connectivity index (χ0n) is 16.1. The number of carboxylic acid groups (broad SMARTS) is 1. The number of hydrogen-bond donors (Lipinski definition) is 1. The third kappa shape index (κ3) is 13.4. The van der Waals surface area contributed by atoms with Crippen molar-refractivity contribution >= 4 is 11.9 Å². The monoisotopic (exact) mass is 342 g/mol. The van der Waals surface area contributed by atoms with Crippen LogP contribution in [0.2, 0.25) is 0 Å². The third-order valence-electron chi connectivity index (χ3n) is 4.50. The second kappa shape index (κ2) is 14.3. The summed E-state index contributed by atoms with van der Waals surface area (Å²) in [7, 11) is 0. The molecule has 0 aliphatic rings. The van der Waals surface area contributed by atoms with Crippen LogP contribution in [0, 0.1) is 0 Å². The zero-order valence-corrected chi connectivity index (χ0v) is 16.1. The summed E-state index contributed by atoms with van der Waals surface area (Å²) in [6.07, 6.45) is 12.9. The first-order valence-electron chi connectivity index (χ1n) is 9.87. The van der Waals surface area contributed by atoms with Crippen LogP contribution in [0.5, 0.6) is 0 Å². The second-order valence-corrected chi connectivity index (χ2v) is 7.15. The molecule has 0 amide bonds. The van der Waals surface area contributed by atoms with Gasteiger partial charge in [-0.05, 0) is 45.4 Å². The van der Waals surface area contributed by atoms with Crippen molar-refractivity contribution in [2.75, 3.05) is 0 Å². The van der Waals surface area contributed by atoms with E-state index in [-0.39, 0.29) is 18.0 Å². The fourth-order valence-corrected chi connectivity index (χ4v) is 2.95. The SMILES string of the molecule is CCCCCCC(C)(CCCCCC)OC(=O)CCCCC(=O)O. The summed E-state index contributed by atoms with van der Waals surface area (Å²) < 4.78 is 5.82. The van der Waals surface area contributed by atoms with Gasteiger partial charge in [0.15, 0.2) is 0 Å². The lowest BCUT2D eigenvalue weighted by molar-refractivity contribution is -0.160. The van der Waals surface area contributed by atoms with Crippen molar-refractivity contribution in [1.82, 2.24) is 0 Å². The van der Waals surface area contributed by atoms with Crippen molar-refractivity contribution in [2.24, 2.45) is 0 Å². The van der Waals surface area contributed by atoms with E-state index in [1.807, 2.05) is 0 Å². The van der Waals surface area contributed by atoms with Crippen molar-refractivity contribution < 1.29 is 19.4 Å². The molecule has 0 fully saturated rings. The number of hydrogen-bond acceptors (Lipinski definition) is 3. The highest BCUT2D eigenvalue weighted by atomic mass is 16.6. The number of esters is 1. The molecule has 0 saturated heterocycles. The van der Waals surface area contributed by atoms with E-state index in [1.54, 1.807) is 0 Å². The molecule has 0 bridgehead atoms. The molecule has 0 unspecified atom stereocenters. The topological polar surface area (TPSA) is 63.6 Å². The van der Waals surface area contributed by atoms with Gasteiger partial charge in [-0.1, -0.05) is 52.4 Å². The number of carbonyl (C=O) groups excluding carboxylic acids is 1. The summed E-state index contributed by atoms with van der Waals surface area (Å²) in [6.45, 7) is 6.46. The van der Waals surface area contributed by atoms with E-state index < -0.39 is 5.97 Å². The number of unbranched alkanes of at least 4 members (excludes halogenated alkanes) is 7. The first kappa shape index (κ1) is 22.9. The summed E-state index contributed by atoms with van der Waals surface area (Å²) >= 11 is 0. The van der Waals surface area contributed by atoms with Crippen LogP contribution in [0.25, 0.3) is 0 Å². The molecule has 0 aliphatic carbocycles. The van der Waals surface area contributed by atoms with Crippen molar-refractivity contribution in [3.63, 3.8) is 0 Å². The lowest BCUT2D eigenvalue weighted by Gasteiger charge is -2.30. The molecule has 4 nitrogen and oxygen atoms in total. The summed E-state index contributed by atoms with van der Waals surface area (Å²) in [5.74, 6) is -0.978. The Morgan fingerprint density at radius 3 is 1.75 bits per heavy atom. The lowest BCUT2D eigenvalue weighted by atomic mass is 9.91. The molecule has 0 atom stereocenters. The Balaban J connectivity index is 4.27. The largest absolute Gasteiger partial charge is 0.481 e. The van der Waals surface area contributed by atoms with E-state index in [4.69, 9.17) is 9.84 Å². The van der Waals surface area contributed by atoms with Gasteiger partial charge in [-0.2, -0.15) is 0 Å². The van der Waals surface area contributed by atoms with E-state index in [9.17, 15) is 9.59 Å². The number of carbonyl (C=O) groups is 2. The van der Waals surface area contributed by atoms with Gasteiger partial charge >= 0.3 is 11.9 Å². The van der Waals surface area contributed by atoms with Gasteiger partial charge in [0.2, 0.25) is 0 Å². The van der Waals surface area contributed by atoms with Crippen LogP contribution >= 0.6 is 0 Å². The predicted octanol–water partition coefficient (Wildman–Crippen LogP) is 5.87. The summed E-state index contributed by atoms with van der Waals surface area (Å²) in [5, 5.41) is 8.63. The number of aliphatic carboxylic acids is 1. The molecule has 0 heterocycles. The molecule has 0 spiro atoms. The number of carboxylic acids is 1. The maximum Gasteiger partial charge on any atom is 0.306 e. The highest BCUT2D eigenvalue weighted by molar-refractivity contribution is 5.70. The Hall–Kier alpha value is -1.06. The van der Waals surface area contributed by atoms with Gasteiger partial charge in [-0.15, -0.1) is 0 Å². The van der Waals surface area contributed by atoms with Crippen LogP contribution < -0.4 is 0 Å². The summed E-state index contributed by atoms with van der Waals surface area (Å²) in [4.78, 5) is 22.6. The first-order valence-corrected chi connectivity index (χ1v) is 9.87. The maximum absolute atomic E-state index is 12.1. The number of rotatable bonds is 16. The minimum atomic E-state index is -0.806. The van der Waals surface area contributed by atoms with Crippen LogP contribution in [0.15, 0.2) is 0 Å². The van der Waals surface area contributed by atoms with Crippen molar-refractivity contribution in [3.05, 3.63) is 0 Å². The quantitative estimate of drug-likeness (QED) is 0.281. The Morgan fingerprint density at radius 1 is 0.792 bits per heavy atom. The highest BCUT2D eigenvalue weighted by Crippen LogP contribution is 2.27. The van der Waals surface area contributed by atoms with Crippen molar-refractivity contribution in [3.8, 4) is 0 Å². The highest BCUT2D eigenvalue weighted by Gasteiger charge is 2.27. The third-order valence-corrected chi connectivity index (χ3v) is 4.50. The Morgan fingerprint density at radius 2 is 1.29 bits per heavy atom. The lowest BCUT2D eigenvalue weighted by Crippen LogP contribution is -2.32. The average molecular weight is 343 g/mol. The molecule has 0 radical (unpaired) electrons. The van der Waals surface area contributed by atoms with Crippen molar-refractivity contribution in [1.29, 1.82) is 0 Å². The minimum absolute atomic E-state index is 0.124.